The molecule has 4 N–H and O–H groups in total. The van der Waals surface area contributed by atoms with E-state index in [1.165, 1.54) is 0 Å². The molecule has 0 aliphatic heterocycles. The molecule has 9 nitrogen and oxygen atoms in total. The Kier molecular flexibility index (Phi) is 8.71. The Hall–Kier alpha value is -3.33. The molecule has 0 aliphatic rings. The van der Waals surface area contributed by atoms with Crippen LogP contribution < -0.4 is 21.5 Å². The van der Waals surface area contributed by atoms with Crippen molar-refractivity contribution in [3.8, 4) is 0 Å². The summed E-state index contributed by atoms with van der Waals surface area (Å²) < 4.78 is 5.51. The summed E-state index contributed by atoms with van der Waals surface area (Å²) in [5, 5.41) is 5.21. The van der Waals surface area contributed by atoms with Crippen molar-refractivity contribution in [3.05, 3.63) is 54.0 Å². The monoisotopic (exact) mass is 401 g/mol. The second kappa shape index (κ2) is 11.5. The van der Waals surface area contributed by atoms with Crippen molar-refractivity contribution in [2.45, 2.75) is 26.8 Å². The van der Waals surface area contributed by atoms with Crippen LogP contribution in [0.25, 0.3) is 0 Å². The highest BCUT2D eigenvalue weighted by molar-refractivity contribution is 5.93. The molecule has 1 aromatic heterocycles. The van der Waals surface area contributed by atoms with Gasteiger partial charge in [0.25, 0.3) is 0 Å². The third-order valence-corrected chi connectivity index (χ3v) is 4.14. The molecule has 0 saturated heterocycles. The summed E-state index contributed by atoms with van der Waals surface area (Å²) in [7, 11) is 0. The van der Waals surface area contributed by atoms with E-state index in [-0.39, 0.29) is 18.7 Å². The van der Waals surface area contributed by atoms with E-state index in [0.717, 1.165) is 13.1 Å². The number of hydrazine groups is 1. The molecule has 2 rings (SSSR count). The molecule has 0 aliphatic carbocycles. The normalized spacial score (nSPS) is 10.4. The number of rotatable bonds is 9. The van der Waals surface area contributed by atoms with Crippen molar-refractivity contribution in [3.63, 3.8) is 0 Å². The molecular weight excluding hydrogens is 374 g/mol. The zero-order chi connectivity index (χ0) is 21.1. The largest absolute Gasteiger partial charge is 0.454 e. The predicted molar refractivity (Wildman–Crippen MR) is 109 cm³/mol. The van der Waals surface area contributed by atoms with Crippen molar-refractivity contribution in [1.82, 2.24) is 21.1 Å². The molecule has 0 atom stereocenters. The third-order valence-electron chi connectivity index (χ3n) is 4.14. The van der Waals surface area contributed by atoms with E-state index < -0.39 is 17.8 Å². The van der Waals surface area contributed by atoms with E-state index in [1.54, 1.807) is 36.4 Å². The van der Waals surface area contributed by atoms with E-state index in [4.69, 9.17) is 4.42 Å². The minimum Gasteiger partial charge on any atom is -0.454 e. The molecule has 0 fully saturated rings. The van der Waals surface area contributed by atoms with Gasteiger partial charge in [0.05, 0.1) is 6.54 Å². The maximum atomic E-state index is 12.1. The molecule has 0 unspecified atom stereocenters. The molecule has 29 heavy (non-hydrogen) atoms. The quantitative estimate of drug-likeness (QED) is 0.480. The van der Waals surface area contributed by atoms with Crippen LogP contribution in [0.15, 0.2) is 46.9 Å². The third kappa shape index (κ3) is 7.67. The average molecular weight is 401 g/mol. The minimum absolute atomic E-state index is 0.00779. The van der Waals surface area contributed by atoms with Crippen LogP contribution in [0.4, 0.5) is 10.5 Å². The van der Waals surface area contributed by atoms with E-state index in [0.29, 0.717) is 18.0 Å². The van der Waals surface area contributed by atoms with Crippen LogP contribution in [-0.2, 0) is 11.3 Å². The maximum Gasteiger partial charge on any atom is 0.319 e. The number of furan rings is 1. The number of hydrogen-bond donors (Lipinski definition) is 4. The van der Waals surface area contributed by atoms with Gasteiger partial charge < -0.3 is 15.1 Å². The highest BCUT2D eigenvalue weighted by Gasteiger charge is 2.13. The molecule has 0 bridgehead atoms. The number of nitrogens with zero attached hydrogens (tertiary/aromatic N) is 1. The lowest BCUT2D eigenvalue weighted by atomic mass is 10.3. The standard InChI is InChI=1S/C20H27N5O4/c1-3-25(4-2)14-16-10-11-17(29-16)19(27)24-23-18(26)12-13-21-20(28)22-15-8-6-5-7-9-15/h5-11H,3-4,12-14H2,1-2H3,(H,23,26)(H,24,27)(H2,21,22,28). The second-order valence-corrected chi connectivity index (χ2v) is 6.23. The Morgan fingerprint density at radius 1 is 0.966 bits per heavy atom. The number of benzene rings is 1. The van der Waals surface area contributed by atoms with Crippen LogP contribution in [0.2, 0.25) is 0 Å². The first-order valence-electron chi connectivity index (χ1n) is 9.52. The molecule has 1 heterocycles. The van der Waals surface area contributed by atoms with Crippen molar-refractivity contribution in [1.29, 1.82) is 0 Å². The molecular formula is C20H27N5O4. The van der Waals surface area contributed by atoms with Gasteiger partial charge in [-0.05, 0) is 37.4 Å². The fraction of sp³-hybridized carbons (Fsp3) is 0.350. The van der Waals surface area contributed by atoms with E-state index in [1.807, 2.05) is 6.07 Å². The summed E-state index contributed by atoms with van der Waals surface area (Å²) in [5.41, 5.74) is 5.25. The van der Waals surface area contributed by atoms with Crippen LogP contribution in [0.5, 0.6) is 0 Å². The summed E-state index contributed by atoms with van der Waals surface area (Å²) in [6.07, 6.45) is 0.00779. The predicted octanol–water partition coefficient (Wildman–Crippen LogP) is 2.09. The van der Waals surface area contributed by atoms with Gasteiger partial charge in [-0.3, -0.25) is 25.3 Å². The summed E-state index contributed by atoms with van der Waals surface area (Å²) in [4.78, 5) is 37.8. The number of nitrogens with one attached hydrogen (secondary N) is 4. The molecule has 4 amide bonds. The fourth-order valence-electron chi connectivity index (χ4n) is 2.49. The van der Waals surface area contributed by atoms with Gasteiger partial charge in [-0.1, -0.05) is 32.0 Å². The molecule has 0 spiro atoms. The van der Waals surface area contributed by atoms with Crippen LogP contribution >= 0.6 is 0 Å². The van der Waals surface area contributed by atoms with E-state index in [9.17, 15) is 14.4 Å². The van der Waals surface area contributed by atoms with Crippen molar-refractivity contribution >= 4 is 23.5 Å². The van der Waals surface area contributed by atoms with Gasteiger partial charge in [-0.15, -0.1) is 0 Å². The van der Waals surface area contributed by atoms with Crippen LogP contribution in [0, 0.1) is 0 Å². The van der Waals surface area contributed by atoms with Gasteiger partial charge in [-0.25, -0.2) is 4.79 Å². The molecule has 0 saturated carbocycles. The number of carbonyl (C=O) groups excluding carboxylic acids is 3. The average Bonchev–Trinajstić information content (AvgIpc) is 3.19. The first-order chi connectivity index (χ1) is 14.0. The number of urea groups is 1. The first kappa shape index (κ1) is 22.0. The summed E-state index contributed by atoms with van der Waals surface area (Å²) in [6.45, 7) is 6.60. The first-order valence-corrected chi connectivity index (χ1v) is 9.52. The van der Waals surface area contributed by atoms with Crippen LogP contribution in [-0.4, -0.2) is 42.4 Å². The second-order valence-electron chi connectivity index (χ2n) is 6.23. The topological polar surface area (TPSA) is 116 Å². The maximum absolute atomic E-state index is 12.1. The molecule has 156 valence electrons. The van der Waals surface area contributed by atoms with Crippen molar-refractivity contribution in [2.75, 3.05) is 25.0 Å². The summed E-state index contributed by atoms with van der Waals surface area (Å²) in [6, 6.07) is 11.9. The molecule has 2 aromatic rings. The lowest BCUT2D eigenvalue weighted by molar-refractivity contribution is -0.121. The Labute approximate surface area is 169 Å². The van der Waals surface area contributed by atoms with Gasteiger partial charge in [0, 0.05) is 18.7 Å². The van der Waals surface area contributed by atoms with Crippen molar-refractivity contribution in [2.24, 2.45) is 0 Å². The number of anilines is 1. The number of amides is 4. The fourth-order valence-corrected chi connectivity index (χ4v) is 2.49. The van der Waals surface area contributed by atoms with Crippen LogP contribution in [0.1, 0.15) is 36.6 Å². The van der Waals surface area contributed by atoms with Crippen molar-refractivity contribution < 1.29 is 18.8 Å². The number of para-hydroxylation sites is 1. The highest BCUT2D eigenvalue weighted by Crippen LogP contribution is 2.10. The van der Waals surface area contributed by atoms with E-state index in [2.05, 4.69) is 40.2 Å². The summed E-state index contributed by atoms with van der Waals surface area (Å²) in [5.74, 6) is -0.182. The molecule has 9 heteroatoms. The Morgan fingerprint density at radius 2 is 1.69 bits per heavy atom. The van der Waals surface area contributed by atoms with Gasteiger partial charge in [0.15, 0.2) is 5.76 Å². The Bertz CT molecular complexity index is 802. The van der Waals surface area contributed by atoms with Crippen LogP contribution in [0.3, 0.4) is 0 Å². The Balaban J connectivity index is 1.66. The lowest BCUT2D eigenvalue weighted by Gasteiger charge is -2.15. The minimum atomic E-state index is -0.543. The Morgan fingerprint density at radius 3 is 2.38 bits per heavy atom. The van der Waals surface area contributed by atoms with E-state index >= 15 is 0 Å². The SMILES string of the molecule is CCN(CC)Cc1ccc(C(=O)NNC(=O)CCNC(=O)Nc2ccccc2)o1. The highest BCUT2D eigenvalue weighted by atomic mass is 16.4. The van der Waals surface area contributed by atoms with Gasteiger partial charge in [0.1, 0.15) is 5.76 Å². The molecule has 0 radical (unpaired) electrons. The zero-order valence-electron chi connectivity index (χ0n) is 16.7. The smallest absolute Gasteiger partial charge is 0.319 e. The van der Waals surface area contributed by atoms with Gasteiger partial charge in [-0.2, -0.15) is 0 Å². The van der Waals surface area contributed by atoms with Gasteiger partial charge in [0.2, 0.25) is 5.91 Å². The number of hydrogen-bond acceptors (Lipinski definition) is 5. The summed E-state index contributed by atoms with van der Waals surface area (Å²) >= 11 is 0. The zero-order valence-corrected chi connectivity index (χ0v) is 16.7. The lowest BCUT2D eigenvalue weighted by Crippen LogP contribution is -2.43. The van der Waals surface area contributed by atoms with Gasteiger partial charge >= 0.3 is 11.9 Å². The molecule has 1 aromatic carbocycles. The number of carbonyl (C=O) groups is 3.